The van der Waals surface area contributed by atoms with Gasteiger partial charge in [0.15, 0.2) is 0 Å². The van der Waals surface area contributed by atoms with Gasteiger partial charge in [-0.05, 0) is 54.5 Å². The van der Waals surface area contributed by atoms with Crippen LogP contribution >= 0.6 is 0 Å². The van der Waals surface area contributed by atoms with Crippen LogP contribution in [0.2, 0.25) is 0 Å². The monoisotopic (exact) mass is 348 g/mol. The van der Waals surface area contributed by atoms with Crippen LogP contribution in [0, 0.1) is 11.3 Å². The van der Waals surface area contributed by atoms with Crippen LogP contribution in [0.3, 0.4) is 0 Å². The second-order valence-electron chi connectivity index (χ2n) is 6.98. The van der Waals surface area contributed by atoms with Gasteiger partial charge in [0.25, 0.3) is 0 Å². The number of para-hydroxylation sites is 1. The Kier molecular flexibility index (Phi) is 8.76. The van der Waals surface area contributed by atoms with E-state index in [9.17, 15) is 0 Å². The number of anilines is 1. The van der Waals surface area contributed by atoms with E-state index in [0.717, 1.165) is 19.5 Å². The van der Waals surface area contributed by atoms with Gasteiger partial charge in [0.05, 0.1) is 12.5 Å². The fourth-order valence-corrected chi connectivity index (χ4v) is 3.30. The standard InChI is InChI=1S/C24H32N2/c1-3-5-11-21-15-16-23(22(19-21)12-6-4-2)20-26(18-10-17-25)24-13-8-7-9-14-24/h7-9,13-16,19H,3-6,10-12,18,20H2,1-2H3. The fourth-order valence-electron chi connectivity index (χ4n) is 3.30. The Bertz CT molecular complexity index is 685. The average Bonchev–Trinajstić information content (AvgIpc) is 2.69. The van der Waals surface area contributed by atoms with Crippen molar-refractivity contribution in [2.24, 2.45) is 0 Å². The van der Waals surface area contributed by atoms with E-state index in [2.05, 4.69) is 67.3 Å². The molecule has 0 atom stereocenters. The molecular formula is C24H32N2. The van der Waals surface area contributed by atoms with Gasteiger partial charge >= 0.3 is 0 Å². The van der Waals surface area contributed by atoms with Gasteiger partial charge in [0.1, 0.15) is 0 Å². The SMILES string of the molecule is CCCCc1ccc(CN(CCC#N)c2ccccc2)c(CCCC)c1. The van der Waals surface area contributed by atoms with Crippen molar-refractivity contribution in [3.8, 4) is 6.07 Å². The Balaban J connectivity index is 2.23. The highest BCUT2D eigenvalue weighted by Crippen LogP contribution is 2.22. The second-order valence-corrected chi connectivity index (χ2v) is 6.98. The number of nitriles is 1. The number of rotatable bonds is 11. The van der Waals surface area contributed by atoms with Gasteiger partial charge in [-0.25, -0.2) is 0 Å². The van der Waals surface area contributed by atoms with Gasteiger partial charge in [-0.2, -0.15) is 5.26 Å². The Labute approximate surface area is 159 Å². The Morgan fingerprint density at radius 2 is 1.62 bits per heavy atom. The zero-order valence-electron chi connectivity index (χ0n) is 16.4. The van der Waals surface area contributed by atoms with Crippen molar-refractivity contribution in [3.63, 3.8) is 0 Å². The molecule has 0 aromatic heterocycles. The van der Waals surface area contributed by atoms with Crippen molar-refractivity contribution in [2.75, 3.05) is 11.4 Å². The maximum atomic E-state index is 9.04. The minimum atomic E-state index is 0.549. The van der Waals surface area contributed by atoms with E-state index in [4.69, 9.17) is 5.26 Å². The van der Waals surface area contributed by atoms with E-state index in [0.29, 0.717) is 6.42 Å². The summed E-state index contributed by atoms with van der Waals surface area (Å²) in [6.07, 6.45) is 7.81. The Hall–Kier alpha value is -2.27. The van der Waals surface area contributed by atoms with Gasteiger partial charge in [0, 0.05) is 18.8 Å². The van der Waals surface area contributed by atoms with Gasteiger partial charge in [-0.1, -0.05) is 63.1 Å². The molecule has 0 heterocycles. The van der Waals surface area contributed by atoms with Crippen molar-refractivity contribution < 1.29 is 0 Å². The summed E-state index contributed by atoms with van der Waals surface area (Å²) in [7, 11) is 0. The van der Waals surface area contributed by atoms with Crippen LogP contribution < -0.4 is 4.90 Å². The number of hydrogen-bond donors (Lipinski definition) is 0. The summed E-state index contributed by atoms with van der Waals surface area (Å²) in [5.41, 5.74) is 5.54. The summed E-state index contributed by atoms with van der Waals surface area (Å²) in [6, 6.07) is 19.8. The van der Waals surface area contributed by atoms with E-state index in [1.54, 1.807) is 0 Å². The maximum Gasteiger partial charge on any atom is 0.0640 e. The number of nitrogens with zero attached hydrogens (tertiary/aromatic N) is 2. The number of hydrogen-bond acceptors (Lipinski definition) is 2. The molecule has 0 bridgehead atoms. The molecule has 2 aromatic carbocycles. The summed E-state index contributed by atoms with van der Waals surface area (Å²) in [4.78, 5) is 2.33. The molecule has 0 amide bonds. The number of aryl methyl sites for hydroxylation is 2. The largest absolute Gasteiger partial charge is 0.366 e. The summed E-state index contributed by atoms with van der Waals surface area (Å²) < 4.78 is 0. The van der Waals surface area contributed by atoms with Gasteiger partial charge < -0.3 is 4.90 Å². The first-order valence-corrected chi connectivity index (χ1v) is 10.1. The molecule has 0 fully saturated rings. The third-order valence-electron chi connectivity index (χ3n) is 4.87. The quantitative estimate of drug-likeness (QED) is 0.477. The Morgan fingerprint density at radius 1 is 0.885 bits per heavy atom. The highest BCUT2D eigenvalue weighted by molar-refractivity contribution is 5.47. The molecule has 0 unspecified atom stereocenters. The van der Waals surface area contributed by atoms with E-state index < -0.39 is 0 Å². The summed E-state index contributed by atoms with van der Waals surface area (Å²) in [5.74, 6) is 0. The molecule has 2 rings (SSSR count). The van der Waals surface area contributed by atoms with Crippen molar-refractivity contribution in [1.29, 1.82) is 5.26 Å². The van der Waals surface area contributed by atoms with Crippen molar-refractivity contribution >= 4 is 5.69 Å². The number of unbranched alkanes of at least 4 members (excludes halogenated alkanes) is 2. The molecule has 0 saturated carbocycles. The third-order valence-corrected chi connectivity index (χ3v) is 4.87. The van der Waals surface area contributed by atoms with Crippen molar-refractivity contribution in [3.05, 3.63) is 65.2 Å². The first-order chi connectivity index (χ1) is 12.8. The molecule has 138 valence electrons. The molecule has 0 saturated heterocycles. The molecular weight excluding hydrogens is 316 g/mol. The van der Waals surface area contributed by atoms with Crippen LogP contribution in [0.4, 0.5) is 5.69 Å². The molecule has 2 nitrogen and oxygen atoms in total. The topological polar surface area (TPSA) is 27.0 Å². The highest BCUT2D eigenvalue weighted by Gasteiger charge is 2.11. The van der Waals surface area contributed by atoms with Crippen molar-refractivity contribution in [2.45, 2.75) is 65.3 Å². The van der Waals surface area contributed by atoms with Crippen LogP contribution in [-0.4, -0.2) is 6.54 Å². The van der Waals surface area contributed by atoms with E-state index in [1.165, 1.54) is 54.5 Å². The van der Waals surface area contributed by atoms with E-state index in [-0.39, 0.29) is 0 Å². The third kappa shape index (κ3) is 6.23. The lowest BCUT2D eigenvalue weighted by Crippen LogP contribution is -2.24. The minimum absolute atomic E-state index is 0.549. The van der Waals surface area contributed by atoms with E-state index in [1.807, 2.05) is 6.07 Å². The number of benzene rings is 2. The normalized spacial score (nSPS) is 10.5. The molecule has 0 spiro atoms. The minimum Gasteiger partial charge on any atom is -0.366 e. The predicted octanol–water partition coefficient (Wildman–Crippen LogP) is 6.29. The molecule has 0 N–H and O–H groups in total. The Morgan fingerprint density at radius 3 is 2.31 bits per heavy atom. The lowest BCUT2D eigenvalue weighted by molar-refractivity contribution is 0.754. The lowest BCUT2D eigenvalue weighted by atomic mass is 9.96. The molecule has 0 radical (unpaired) electrons. The summed E-state index contributed by atoms with van der Waals surface area (Å²) in [6.45, 7) is 6.15. The maximum absolute atomic E-state index is 9.04. The van der Waals surface area contributed by atoms with Crippen LogP contribution in [0.15, 0.2) is 48.5 Å². The van der Waals surface area contributed by atoms with Crippen molar-refractivity contribution in [1.82, 2.24) is 0 Å². The lowest BCUT2D eigenvalue weighted by Gasteiger charge is -2.25. The first-order valence-electron chi connectivity index (χ1n) is 10.1. The predicted molar refractivity (Wildman–Crippen MR) is 111 cm³/mol. The molecule has 0 aliphatic carbocycles. The first kappa shape index (κ1) is 20.0. The van der Waals surface area contributed by atoms with Crippen LogP contribution in [0.25, 0.3) is 0 Å². The molecule has 2 heteroatoms. The smallest absolute Gasteiger partial charge is 0.0640 e. The van der Waals surface area contributed by atoms with Crippen LogP contribution in [0.1, 0.15) is 62.6 Å². The van der Waals surface area contributed by atoms with E-state index >= 15 is 0 Å². The molecule has 26 heavy (non-hydrogen) atoms. The molecule has 0 aliphatic heterocycles. The van der Waals surface area contributed by atoms with Crippen LogP contribution in [0.5, 0.6) is 0 Å². The van der Waals surface area contributed by atoms with Crippen LogP contribution in [-0.2, 0) is 19.4 Å². The zero-order chi connectivity index (χ0) is 18.6. The summed E-state index contributed by atoms with van der Waals surface area (Å²) in [5, 5.41) is 9.04. The van der Waals surface area contributed by atoms with Gasteiger partial charge in [-0.3, -0.25) is 0 Å². The molecule has 0 aliphatic rings. The van der Waals surface area contributed by atoms with Gasteiger partial charge in [-0.15, -0.1) is 0 Å². The fraction of sp³-hybridized carbons (Fsp3) is 0.458. The second kappa shape index (κ2) is 11.4. The highest BCUT2D eigenvalue weighted by atomic mass is 15.1. The average molecular weight is 349 g/mol. The summed E-state index contributed by atoms with van der Waals surface area (Å²) >= 11 is 0. The van der Waals surface area contributed by atoms with Gasteiger partial charge in [0.2, 0.25) is 0 Å². The zero-order valence-corrected chi connectivity index (χ0v) is 16.4. The molecule has 2 aromatic rings.